The number of rotatable bonds is 3. The van der Waals surface area contributed by atoms with E-state index >= 15 is 0 Å². The van der Waals surface area contributed by atoms with Crippen LogP contribution in [0.1, 0.15) is 33.9 Å². The Labute approximate surface area is 132 Å². The number of piperidine rings is 1. The molecule has 0 atom stereocenters. The molecule has 1 fully saturated rings. The Morgan fingerprint density at radius 2 is 2.00 bits per heavy atom. The minimum atomic E-state index is 0.0149. The fourth-order valence-corrected chi connectivity index (χ4v) is 2.99. The van der Waals surface area contributed by atoms with E-state index in [-0.39, 0.29) is 12.0 Å². The van der Waals surface area contributed by atoms with Crippen LogP contribution in [-0.2, 0) is 0 Å². The van der Waals surface area contributed by atoms with Gasteiger partial charge in [-0.1, -0.05) is 4.49 Å². The normalized spacial score (nSPS) is 15.8. The van der Waals surface area contributed by atoms with Gasteiger partial charge in [-0.05, 0) is 31.4 Å². The molecule has 1 amide bonds. The first-order valence-electron chi connectivity index (χ1n) is 7.18. The Bertz CT molecular complexity index is 650. The smallest absolute Gasteiger partial charge is 0.267 e. The standard InChI is InChI=1S/C14H17N5O2S/c1-9-3-4-12(17-15-9)21-11-5-7-19(8-6-11)14(20)13-10(2)16-18-22-13/h3-4,11H,5-8H2,1-2H3. The van der Waals surface area contributed by atoms with Crippen molar-refractivity contribution in [2.75, 3.05) is 13.1 Å². The highest BCUT2D eigenvalue weighted by atomic mass is 32.1. The molecule has 0 saturated carbocycles. The Kier molecular flexibility index (Phi) is 4.28. The van der Waals surface area contributed by atoms with Crippen LogP contribution in [0, 0.1) is 13.8 Å². The lowest BCUT2D eigenvalue weighted by molar-refractivity contribution is 0.0589. The number of aryl methyl sites for hydroxylation is 2. The summed E-state index contributed by atoms with van der Waals surface area (Å²) in [7, 11) is 0. The summed E-state index contributed by atoms with van der Waals surface area (Å²) in [6.45, 7) is 5.03. The van der Waals surface area contributed by atoms with Crippen LogP contribution in [0.4, 0.5) is 0 Å². The second-order valence-electron chi connectivity index (χ2n) is 5.31. The van der Waals surface area contributed by atoms with E-state index in [2.05, 4.69) is 19.8 Å². The number of likely N-dealkylation sites (tertiary alicyclic amines) is 1. The number of amides is 1. The van der Waals surface area contributed by atoms with Crippen LogP contribution in [0.15, 0.2) is 12.1 Å². The van der Waals surface area contributed by atoms with Gasteiger partial charge in [-0.2, -0.15) is 5.10 Å². The topological polar surface area (TPSA) is 81.1 Å². The van der Waals surface area contributed by atoms with E-state index in [0.29, 0.717) is 29.5 Å². The van der Waals surface area contributed by atoms with Crippen LogP contribution >= 0.6 is 11.5 Å². The van der Waals surface area contributed by atoms with Gasteiger partial charge in [-0.15, -0.1) is 10.2 Å². The molecule has 2 aromatic heterocycles. The van der Waals surface area contributed by atoms with Crippen molar-refractivity contribution >= 4 is 17.4 Å². The van der Waals surface area contributed by atoms with Gasteiger partial charge in [-0.3, -0.25) is 4.79 Å². The molecule has 0 aromatic carbocycles. The predicted octanol–water partition coefficient (Wildman–Crippen LogP) is 1.63. The summed E-state index contributed by atoms with van der Waals surface area (Å²) in [5.41, 5.74) is 1.56. The Hall–Kier alpha value is -2.09. The van der Waals surface area contributed by atoms with Crippen molar-refractivity contribution in [3.05, 3.63) is 28.4 Å². The first kappa shape index (κ1) is 14.8. The molecule has 0 N–H and O–H groups in total. The molecule has 3 heterocycles. The molecule has 116 valence electrons. The van der Waals surface area contributed by atoms with Crippen molar-refractivity contribution in [3.63, 3.8) is 0 Å². The van der Waals surface area contributed by atoms with Crippen molar-refractivity contribution in [3.8, 4) is 5.88 Å². The summed E-state index contributed by atoms with van der Waals surface area (Å²) in [6, 6.07) is 3.70. The molecule has 2 aromatic rings. The van der Waals surface area contributed by atoms with Gasteiger partial charge in [0.05, 0.1) is 11.4 Å². The molecule has 0 unspecified atom stereocenters. The number of aromatic nitrogens is 4. The Morgan fingerprint density at radius 3 is 2.59 bits per heavy atom. The zero-order valence-corrected chi connectivity index (χ0v) is 13.3. The van der Waals surface area contributed by atoms with Gasteiger partial charge >= 0.3 is 0 Å². The van der Waals surface area contributed by atoms with Crippen molar-refractivity contribution < 1.29 is 9.53 Å². The summed E-state index contributed by atoms with van der Waals surface area (Å²) in [5.74, 6) is 0.555. The molecule has 0 spiro atoms. The molecule has 22 heavy (non-hydrogen) atoms. The molecular weight excluding hydrogens is 302 g/mol. The van der Waals surface area contributed by atoms with Crippen molar-refractivity contribution in [1.82, 2.24) is 24.7 Å². The number of carbonyl (C=O) groups excluding carboxylic acids is 1. The van der Waals surface area contributed by atoms with E-state index in [1.807, 2.05) is 30.9 Å². The maximum atomic E-state index is 12.4. The van der Waals surface area contributed by atoms with Crippen LogP contribution < -0.4 is 4.74 Å². The Balaban J connectivity index is 1.55. The van der Waals surface area contributed by atoms with Crippen molar-refractivity contribution in [1.29, 1.82) is 0 Å². The molecule has 0 aliphatic carbocycles. The van der Waals surface area contributed by atoms with Crippen molar-refractivity contribution in [2.45, 2.75) is 32.8 Å². The zero-order valence-electron chi connectivity index (χ0n) is 12.5. The number of hydrogen-bond acceptors (Lipinski definition) is 7. The number of ether oxygens (including phenoxy) is 1. The second-order valence-corrected chi connectivity index (χ2v) is 6.06. The van der Waals surface area contributed by atoms with E-state index in [1.165, 1.54) is 0 Å². The third-order valence-corrected chi connectivity index (χ3v) is 4.45. The van der Waals surface area contributed by atoms with Crippen LogP contribution in [0.2, 0.25) is 0 Å². The van der Waals surface area contributed by atoms with Gasteiger partial charge in [0.1, 0.15) is 11.0 Å². The van der Waals surface area contributed by atoms with Gasteiger partial charge in [0.15, 0.2) is 0 Å². The molecule has 7 nitrogen and oxygen atoms in total. The number of nitrogens with zero attached hydrogens (tertiary/aromatic N) is 5. The lowest BCUT2D eigenvalue weighted by atomic mass is 10.1. The molecule has 3 rings (SSSR count). The van der Waals surface area contributed by atoms with Crippen LogP contribution in [0.25, 0.3) is 0 Å². The maximum absolute atomic E-state index is 12.4. The van der Waals surface area contributed by atoms with Crippen LogP contribution in [-0.4, -0.2) is 49.8 Å². The van der Waals surface area contributed by atoms with Gasteiger partial charge in [0, 0.05) is 32.0 Å². The summed E-state index contributed by atoms with van der Waals surface area (Å²) >= 11 is 1.15. The minimum Gasteiger partial charge on any atom is -0.473 e. The predicted molar refractivity (Wildman–Crippen MR) is 81.0 cm³/mol. The lowest BCUT2D eigenvalue weighted by Crippen LogP contribution is -2.41. The molecule has 0 radical (unpaired) electrons. The largest absolute Gasteiger partial charge is 0.473 e. The van der Waals surface area contributed by atoms with E-state index in [0.717, 1.165) is 30.1 Å². The first-order valence-corrected chi connectivity index (χ1v) is 7.96. The lowest BCUT2D eigenvalue weighted by Gasteiger charge is -2.31. The first-order chi connectivity index (χ1) is 10.6. The van der Waals surface area contributed by atoms with Crippen LogP contribution in [0.3, 0.4) is 0 Å². The maximum Gasteiger partial charge on any atom is 0.267 e. The SMILES string of the molecule is Cc1ccc(OC2CCN(C(=O)c3snnc3C)CC2)nn1. The number of carbonyl (C=O) groups is 1. The van der Waals surface area contributed by atoms with E-state index in [9.17, 15) is 4.79 Å². The third kappa shape index (κ3) is 3.22. The summed E-state index contributed by atoms with van der Waals surface area (Å²) in [4.78, 5) is 14.8. The second kappa shape index (κ2) is 6.35. The molecule has 1 aliphatic heterocycles. The third-order valence-electron chi connectivity index (χ3n) is 3.64. The fourth-order valence-electron chi connectivity index (χ4n) is 2.37. The van der Waals surface area contributed by atoms with E-state index < -0.39 is 0 Å². The fraction of sp³-hybridized carbons (Fsp3) is 0.500. The minimum absolute atomic E-state index is 0.0149. The summed E-state index contributed by atoms with van der Waals surface area (Å²) in [6.07, 6.45) is 1.64. The van der Waals surface area contributed by atoms with Crippen molar-refractivity contribution in [2.24, 2.45) is 0 Å². The highest BCUT2D eigenvalue weighted by Crippen LogP contribution is 2.20. The van der Waals surface area contributed by atoms with Gasteiger partial charge in [0.2, 0.25) is 5.88 Å². The highest BCUT2D eigenvalue weighted by molar-refractivity contribution is 7.07. The van der Waals surface area contributed by atoms with E-state index in [1.54, 1.807) is 0 Å². The zero-order chi connectivity index (χ0) is 15.5. The van der Waals surface area contributed by atoms with Gasteiger partial charge in [0.25, 0.3) is 5.91 Å². The summed E-state index contributed by atoms with van der Waals surface area (Å²) < 4.78 is 9.64. The molecule has 0 bridgehead atoms. The molecular formula is C14H17N5O2S. The van der Waals surface area contributed by atoms with E-state index in [4.69, 9.17) is 4.74 Å². The monoisotopic (exact) mass is 319 g/mol. The average molecular weight is 319 g/mol. The molecule has 1 aliphatic rings. The quantitative estimate of drug-likeness (QED) is 0.855. The Morgan fingerprint density at radius 1 is 1.23 bits per heavy atom. The van der Waals surface area contributed by atoms with Gasteiger partial charge in [-0.25, -0.2) is 0 Å². The average Bonchev–Trinajstić information content (AvgIpc) is 2.96. The highest BCUT2D eigenvalue weighted by Gasteiger charge is 2.27. The molecule has 8 heteroatoms. The van der Waals surface area contributed by atoms with Crippen LogP contribution in [0.5, 0.6) is 5.88 Å². The summed E-state index contributed by atoms with van der Waals surface area (Å²) in [5, 5.41) is 11.9. The van der Waals surface area contributed by atoms with Gasteiger partial charge < -0.3 is 9.64 Å². The number of hydrogen-bond donors (Lipinski definition) is 0. The molecule has 1 saturated heterocycles.